The molecular formula is C22H21N3O. The van der Waals surface area contributed by atoms with Gasteiger partial charge in [-0.15, -0.1) is 0 Å². The number of hydrogen-bond donors (Lipinski definition) is 0. The Morgan fingerprint density at radius 2 is 1.81 bits per heavy atom. The third-order valence-electron chi connectivity index (χ3n) is 5.19. The minimum absolute atomic E-state index is 0.0237. The molecule has 0 saturated heterocycles. The molecule has 4 nitrogen and oxygen atoms in total. The molecule has 4 rings (SSSR count). The molecule has 3 aromatic rings. The Balaban J connectivity index is 1.78. The van der Waals surface area contributed by atoms with Gasteiger partial charge in [0.05, 0.1) is 6.20 Å². The summed E-state index contributed by atoms with van der Waals surface area (Å²) in [6.07, 6.45) is 5.55. The molecule has 26 heavy (non-hydrogen) atoms. The number of amides is 1. The Hall–Kier alpha value is -3.01. The summed E-state index contributed by atoms with van der Waals surface area (Å²) in [5.41, 5.74) is 4.24. The summed E-state index contributed by atoms with van der Waals surface area (Å²) in [4.78, 5) is 23.3. The number of rotatable bonds is 2. The van der Waals surface area contributed by atoms with Gasteiger partial charge in [-0.2, -0.15) is 0 Å². The van der Waals surface area contributed by atoms with Gasteiger partial charge in [-0.1, -0.05) is 54.6 Å². The molecule has 0 radical (unpaired) electrons. The molecule has 0 unspecified atom stereocenters. The second kappa shape index (κ2) is 7.08. The van der Waals surface area contributed by atoms with Crippen LogP contribution in [-0.4, -0.2) is 33.4 Å². The number of nitrogens with zero attached hydrogens (tertiary/aromatic N) is 3. The summed E-state index contributed by atoms with van der Waals surface area (Å²) >= 11 is 0. The predicted molar refractivity (Wildman–Crippen MR) is 101 cm³/mol. The summed E-state index contributed by atoms with van der Waals surface area (Å²) in [6.45, 7) is 2.81. The van der Waals surface area contributed by atoms with Crippen LogP contribution in [0.25, 0.3) is 0 Å². The van der Waals surface area contributed by atoms with Gasteiger partial charge in [0.2, 0.25) is 0 Å². The monoisotopic (exact) mass is 343 g/mol. The van der Waals surface area contributed by atoms with Gasteiger partial charge in [0.25, 0.3) is 5.91 Å². The molecule has 0 aliphatic carbocycles. The minimum Gasteiger partial charge on any atom is -0.333 e. The van der Waals surface area contributed by atoms with Crippen molar-refractivity contribution in [1.29, 1.82) is 0 Å². The molecule has 0 fully saturated rings. The van der Waals surface area contributed by atoms with Crippen LogP contribution in [0.3, 0.4) is 0 Å². The zero-order valence-corrected chi connectivity index (χ0v) is 14.7. The highest BCUT2D eigenvalue weighted by atomic mass is 16.2. The summed E-state index contributed by atoms with van der Waals surface area (Å²) in [5, 5.41) is 0. The fourth-order valence-electron chi connectivity index (χ4n) is 3.91. The fraction of sp³-hybridized carbons (Fsp3) is 0.227. The molecule has 0 N–H and O–H groups in total. The van der Waals surface area contributed by atoms with Crippen molar-refractivity contribution in [2.75, 3.05) is 6.54 Å². The van der Waals surface area contributed by atoms with Crippen LogP contribution in [0.2, 0.25) is 0 Å². The molecule has 2 heterocycles. The van der Waals surface area contributed by atoms with E-state index in [0.29, 0.717) is 12.2 Å². The van der Waals surface area contributed by atoms with E-state index < -0.39 is 0 Å². The smallest absolute Gasteiger partial charge is 0.274 e. The van der Waals surface area contributed by atoms with E-state index in [-0.39, 0.29) is 17.9 Å². The highest BCUT2D eigenvalue weighted by Crippen LogP contribution is 2.36. The van der Waals surface area contributed by atoms with Crippen LogP contribution in [-0.2, 0) is 6.42 Å². The zero-order valence-electron chi connectivity index (χ0n) is 14.7. The van der Waals surface area contributed by atoms with E-state index in [0.717, 1.165) is 6.42 Å². The summed E-state index contributed by atoms with van der Waals surface area (Å²) in [6, 6.07) is 19.0. The lowest BCUT2D eigenvalue weighted by Gasteiger charge is -2.33. The van der Waals surface area contributed by atoms with Crippen molar-refractivity contribution < 1.29 is 4.79 Å². The first-order valence-electron chi connectivity index (χ1n) is 8.95. The molecule has 1 aliphatic heterocycles. The van der Waals surface area contributed by atoms with Gasteiger partial charge in [-0.05, 0) is 30.0 Å². The molecule has 4 heteroatoms. The minimum atomic E-state index is -0.0562. The maximum atomic E-state index is 13.1. The normalized spacial score (nSPS) is 19.5. The first-order chi connectivity index (χ1) is 12.8. The molecule has 0 saturated carbocycles. The van der Waals surface area contributed by atoms with E-state index >= 15 is 0 Å². The van der Waals surface area contributed by atoms with Crippen molar-refractivity contribution >= 4 is 5.91 Å². The first kappa shape index (κ1) is 16.5. The van der Waals surface area contributed by atoms with Crippen molar-refractivity contribution in [1.82, 2.24) is 14.9 Å². The number of hydrogen-bond acceptors (Lipinski definition) is 3. The van der Waals surface area contributed by atoms with Crippen LogP contribution in [0.15, 0.2) is 73.2 Å². The number of carbonyl (C=O) groups is 1. The van der Waals surface area contributed by atoms with E-state index in [2.05, 4.69) is 65.4 Å². The van der Waals surface area contributed by atoms with Gasteiger partial charge in [0, 0.05) is 30.9 Å². The van der Waals surface area contributed by atoms with Crippen molar-refractivity contribution in [3.8, 4) is 0 Å². The van der Waals surface area contributed by atoms with E-state index in [1.807, 2.05) is 11.0 Å². The molecule has 1 aromatic heterocycles. The Bertz CT molecular complexity index is 896. The molecule has 1 amide bonds. The van der Waals surface area contributed by atoms with Crippen molar-refractivity contribution in [3.05, 3.63) is 95.6 Å². The molecule has 130 valence electrons. The molecule has 2 aromatic carbocycles. The fourth-order valence-corrected chi connectivity index (χ4v) is 3.91. The van der Waals surface area contributed by atoms with Crippen LogP contribution >= 0.6 is 0 Å². The second-order valence-electron chi connectivity index (χ2n) is 6.67. The number of carbonyl (C=O) groups excluding carboxylic acids is 1. The van der Waals surface area contributed by atoms with Crippen LogP contribution < -0.4 is 0 Å². The number of fused-ring (bicyclic) bond motifs is 1. The molecule has 0 spiro atoms. The standard InChI is InChI=1S/C22H21N3O/c1-16-21(18-8-3-2-4-9-18)19-10-6-5-7-17(19)11-14-25(16)22(26)20-15-23-12-13-24-20/h2-10,12-13,15-16,21H,11,14H2,1H3/t16-,21+/m0/s1. The quantitative estimate of drug-likeness (QED) is 0.713. The van der Waals surface area contributed by atoms with Crippen molar-refractivity contribution in [3.63, 3.8) is 0 Å². The zero-order chi connectivity index (χ0) is 17.9. The topological polar surface area (TPSA) is 46.1 Å². The van der Waals surface area contributed by atoms with Gasteiger partial charge in [0.15, 0.2) is 0 Å². The molecule has 2 atom stereocenters. The maximum absolute atomic E-state index is 13.1. The van der Waals surface area contributed by atoms with Gasteiger partial charge in [0.1, 0.15) is 5.69 Å². The lowest BCUT2D eigenvalue weighted by molar-refractivity contribution is 0.0681. The second-order valence-corrected chi connectivity index (χ2v) is 6.67. The SMILES string of the molecule is C[C@H]1[C@H](c2ccccc2)c2ccccc2CCN1C(=O)c1cnccn1. The summed E-state index contributed by atoms with van der Waals surface area (Å²) < 4.78 is 0. The Kier molecular flexibility index (Phi) is 4.48. The lowest BCUT2D eigenvalue weighted by atomic mass is 9.83. The van der Waals surface area contributed by atoms with E-state index in [1.165, 1.54) is 16.7 Å². The van der Waals surface area contributed by atoms with Crippen LogP contribution in [0.4, 0.5) is 0 Å². The lowest BCUT2D eigenvalue weighted by Crippen LogP contribution is -2.42. The van der Waals surface area contributed by atoms with Crippen molar-refractivity contribution in [2.24, 2.45) is 0 Å². The van der Waals surface area contributed by atoms with Crippen LogP contribution in [0.5, 0.6) is 0 Å². The van der Waals surface area contributed by atoms with Crippen LogP contribution in [0, 0.1) is 0 Å². The largest absolute Gasteiger partial charge is 0.333 e. The van der Waals surface area contributed by atoms with Crippen molar-refractivity contribution in [2.45, 2.75) is 25.3 Å². The van der Waals surface area contributed by atoms with Crippen LogP contribution in [0.1, 0.15) is 40.0 Å². The Labute approximate surface area is 153 Å². The third kappa shape index (κ3) is 2.99. The first-order valence-corrected chi connectivity index (χ1v) is 8.95. The number of benzene rings is 2. The molecular weight excluding hydrogens is 322 g/mol. The Morgan fingerprint density at radius 3 is 2.58 bits per heavy atom. The average molecular weight is 343 g/mol. The summed E-state index contributed by atoms with van der Waals surface area (Å²) in [5.74, 6) is 0.0786. The molecule has 1 aliphatic rings. The van der Waals surface area contributed by atoms with Gasteiger partial charge >= 0.3 is 0 Å². The average Bonchev–Trinajstić information content (AvgIpc) is 2.85. The van der Waals surface area contributed by atoms with Gasteiger partial charge in [-0.3, -0.25) is 9.78 Å². The van der Waals surface area contributed by atoms with Gasteiger partial charge < -0.3 is 4.90 Å². The third-order valence-corrected chi connectivity index (χ3v) is 5.19. The van der Waals surface area contributed by atoms with E-state index in [4.69, 9.17) is 0 Å². The molecule has 0 bridgehead atoms. The predicted octanol–water partition coefficient (Wildman–Crippen LogP) is 3.70. The highest BCUT2D eigenvalue weighted by Gasteiger charge is 2.34. The number of aromatic nitrogens is 2. The van der Waals surface area contributed by atoms with Gasteiger partial charge in [-0.25, -0.2) is 4.98 Å². The maximum Gasteiger partial charge on any atom is 0.274 e. The Morgan fingerprint density at radius 1 is 1.04 bits per heavy atom. The van der Waals surface area contributed by atoms with E-state index in [1.54, 1.807) is 18.6 Å². The summed E-state index contributed by atoms with van der Waals surface area (Å²) in [7, 11) is 0. The highest BCUT2D eigenvalue weighted by molar-refractivity contribution is 5.92. The van der Waals surface area contributed by atoms with E-state index in [9.17, 15) is 4.79 Å².